The van der Waals surface area contributed by atoms with Crippen molar-refractivity contribution in [1.29, 1.82) is 0 Å². The molecule has 82 valence electrons. The first-order valence-corrected chi connectivity index (χ1v) is 5.91. The van der Waals surface area contributed by atoms with Crippen molar-refractivity contribution >= 4 is 0 Å². The summed E-state index contributed by atoms with van der Waals surface area (Å²) in [6, 6.07) is 0.675. The molecule has 0 aromatic heterocycles. The van der Waals surface area contributed by atoms with E-state index in [4.69, 9.17) is 4.74 Å². The number of hydrogen-bond acceptors (Lipinski definition) is 3. The van der Waals surface area contributed by atoms with E-state index in [0.717, 1.165) is 25.6 Å². The highest BCUT2D eigenvalue weighted by Gasteiger charge is 2.32. The maximum Gasteiger partial charge on any atom is 0.0743 e. The van der Waals surface area contributed by atoms with Crippen molar-refractivity contribution < 1.29 is 4.74 Å². The molecule has 0 bridgehead atoms. The number of morpholine rings is 1. The summed E-state index contributed by atoms with van der Waals surface area (Å²) in [5.41, 5.74) is 0. The molecule has 0 aromatic carbocycles. The molecule has 3 nitrogen and oxygen atoms in total. The minimum absolute atomic E-state index is 0.446. The third kappa shape index (κ3) is 2.27. The van der Waals surface area contributed by atoms with Gasteiger partial charge in [0.25, 0.3) is 0 Å². The van der Waals surface area contributed by atoms with Crippen molar-refractivity contribution in [2.45, 2.75) is 37.8 Å². The number of hydrogen-bond donors (Lipinski definition) is 2. The molecule has 1 aliphatic carbocycles. The molecule has 1 saturated carbocycles. The third-order valence-corrected chi connectivity index (χ3v) is 3.62. The molecule has 0 radical (unpaired) electrons. The fraction of sp³-hybridized carbons (Fsp3) is 1.00. The normalized spacial score (nSPS) is 39.6. The predicted octanol–water partition coefficient (Wildman–Crippen LogP) is 0.753. The number of ether oxygens (including phenoxy) is 1. The van der Waals surface area contributed by atoms with Gasteiger partial charge in [-0.3, -0.25) is 0 Å². The first-order chi connectivity index (χ1) is 6.92. The van der Waals surface area contributed by atoms with Crippen LogP contribution in [0.2, 0.25) is 0 Å². The smallest absolute Gasteiger partial charge is 0.0743 e. The average molecular weight is 198 g/mol. The van der Waals surface area contributed by atoms with E-state index in [1.807, 2.05) is 0 Å². The Hall–Kier alpha value is -0.120. The second kappa shape index (κ2) is 5.10. The van der Waals surface area contributed by atoms with Crippen LogP contribution in [0.4, 0.5) is 0 Å². The van der Waals surface area contributed by atoms with E-state index in [9.17, 15) is 0 Å². The SMILES string of the molecule is CNC1CCCCC1C1CNCCO1. The number of nitrogens with one attached hydrogen (secondary N) is 2. The Morgan fingerprint density at radius 3 is 2.86 bits per heavy atom. The first-order valence-electron chi connectivity index (χ1n) is 5.91. The molecule has 1 aliphatic heterocycles. The number of rotatable bonds is 2. The molecule has 14 heavy (non-hydrogen) atoms. The second-order valence-electron chi connectivity index (χ2n) is 4.46. The molecule has 2 rings (SSSR count). The van der Waals surface area contributed by atoms with E-state index in [1.165, 1.54) is 25.7 Å². The average Bonchev–Trinajstić information content (AvgIpc) is 2.30. The predicted molar refractivity (Wildman–Crippen MR) is 57.4 cm³/mol. The van der Waals surface area contributed by atoms with Crippen molar-refractivity contribution in [2.75, 3.05) is 26.7 Å². The van der Waals surface area contributed by atoms with Crippen LogP contribution < -0.4 is 10.6 Å². The van der Waals surface area contributed by atoms with Crippen LogP contribution in [0.25, 0.3) is 0 Å². The fourth-order valence-corrected chi connectivity index (χ4v) is 2.82. The molecule has 1 saturated heterocycles. The quantitative estimate of drug-likeness (QED) is 0.687. The first kappa shape index (κ1) is 10.4. The van der Waals surface area contributed by atoms with E-state index < -0.39 is 0 Å². The third-order valence-electron chi connectivity index (χ3n) is 3.62. The standard InChI is InChI=1S/C11H22N2O/c1-12-10-5-3-2-4-9(10)11-8-13-6-7-14-11/h9-13H,2-8H2,1H3. The Kier molecular flexibility index (Phi) is 3.79. The van der Waals surface area contributed by atoms with Crippen LogP contribution in [0.15, 0.2) is 0 Å². The lowest BCUT2D eigenvalue weighted by Gasteiger charge is -2.38. The summed E-state index contributed by atoms with van der Waals surface area (Å²) in [7, 11) is 2.08. The lowest BCUT2D eigenvalue weighted by molar-refractivity contribution is -0.0285. The minimum atomic E-state index is 0.446. The molecule has 2 N–H and O–H groups in total. The summed E-state index contributed by atoms with van der Waals surface area (Å²) in [5.74, 6) is 0.724. The van der Waals surface area contributed by atoms with Crippen LogP contribution in [0, 0.1) is 5.92 Å². The van der Waals surface area contributed by atoms with Crippen molar-refractivity contribution in [3.05, 3.63) is 0 Å². The molecule has 0 amide bonds. The van der Waals surface area contributed by atoms with Crippen molar-refractivity contribution in [1.82, 2.24) is 10.6 Å². The van der Waals surface area contributed by atoms with E-state index >= 15 is 0 Å². The van der Waals surface area contributed by atoms with Gasteiger partial charge in [0.05, 0.1) is 12.7 Å². The lowest BCUT2D eigenvalue weighted by Crippen LogP contribution is -2.50. The zero-order valence-electron chi connectivity index (χ0n) is 9.09. The van der Waals surface area contributed by atoms with Gasteiger partial charge in [0.15, 0.2) is 0 Å². The minimum Gasteiger partial charge on any atom is -0.375 e. The molecule has 2 aliphatic rings. The van der Waals surface area contributed by atoms with Crippen molar-refractivity contribution in [2.24, 2.45) is 5.92 Å². The zero-order chi connectivity index (χ0) is 9.80. The van der Waals surface area contributed by atoms with Crippen LogP contribution in [0.3, 0.4) is 0 Å². The summed E-state index contributed by atoms with van der Waals surface area (Å²) in [6.45, 7) is 2.95. The van der Waals surface area contributed by atoms with Crippen LogP contribution >= 0.6 is 0 Å². The van der Waals surface area contributed by atoms with E-state index in [0.29, 0.717) is 12.1 Å². The highest BCUT2D eigenvalue weighted by molar-refractivity contribution is 4.87. The van der Waals surface area contributed by atoms with Gasteiger partial charge < -0.3 is 15.4 Å². The van der Waals surface area contributed by atoms with E-state index in [-0.39, 0.29) is 0 Å². The van der Waals surface area contributed by atoms with E-state index in [2.05, 4.69) is 17.7 Å². The summed E-state index contributed by atoms with van der Waals surface area (Å²) < 4.78 is 5.85. The Balaban J connectivity index is 1.91. The maximum atomic E-state index is 5.85. The Morgan fingerprint density at radius 2 is 2.14 bits per heavy atom. The fourth-order valence-electron chi connectivity index (χ4n) is 2.82. The van der Waals surface area contributed by atoms with Gasteiger partial charge in [-0.15, -0.1) is 0 Å². The van der Waals surface area contributed by atoms with Gasteiger partial charge in [-0.05, 0) is 19.9 Å². The second-order valence-corrected chi connectivity index (χ2v) is 4.46. The molecule has 3 atom stereocenters. The zero-order valence-corrected chi connectivity index (χ0v) is 9.09. The van der Waals surface area contributed by atoms with Gasteiger partial charge >= 0.3 is 0 Å². The molecular formula is C11H22N2O. The Bertz CT molecular complexity index is 169. The van der Waals surface area contributed by atoms with Crippen LogP contribution in [0.5, 0.6) is 0 Å². The molecule has 3 heteroatoms. The lowest BCUT2D eigenvalue weighted by atomic mass is 9.80. The highest BCUT2D eigenvalue weighted by atomic mass is 16.5. The van der Waals surface area contributed by atoms with Crippen LogP contribution in [-0.2, 0) is 4.74 Å². The molecule has 0 aromatic rings. The van der Waals surface area contributed by atoms with Gasteiger partial charge in [-0.1, -0.05) is 12.8 Å². The monoisotopic (exact) mass is 198 g/mol. The summed E-state index contributed by atoms with van der Waals surface area (Å²) in [4.78, 5) is 0. The molecular weight excluding hydrogens is 176 g/mol. The summed E-state index contributed by atoms with van der Waals surface area (Å²) in [5, 5.41) is 6.87. The van der Waals surface area contributed by atoms with E-state index in [1.54, 1.807) is 0 Å². The largest absolute Gasteiger partial charge is 0.375 e. The van der Waals surface area contributed by atoms with Gasteiger partial charge in [0.2, 0.25) is 0 Å². The topological polar surface area (TPSA) is 33.3 Å². The molecule has 0 spiro atoms. The van der Waals surface area contributed by atoms with Crippen molar-refractivity contribution in [3.63, 3.8) is 0 Å². The Morgan fingerprint density at radius 1 is 1.29 bits per heavy atom. The van der Waals surface area contributed by atoms with Crippen LogP contribution in [0.1, 0.15) is 25.7 Å². The van der Waals surface area contributed by atoms with Gasteiger partial charge in [0, 0.05) is 25.0 Å². The molecule has 1 heterocycles. The molecule has 3 unspecified atom stereocenters. The van der Waals surface area contributed by atoms with Gasteiger partial charge in [0.1, 0.15) is 0 Å². The van der Waals surface area contributed by atoms with Gasteiger partial charge in [-0.2, -0.15) is 0 Å². The maximum absolute atomic E-state index is 5.85. The van der Waals surface area contributed by atoms with Crippen molar-refractivity contribution in [3.8, 4) is 0 Å². The summed E-state index contributed by atoms with van der Waals surface area (Å²) in [6.07, 6.45) is 5.85. The summed E-state index contributed by atoms with van der Waals surface area (Å²) >= 11 is 0. The Labute approximate surface area is 86.6 Å². The van der Waals surface area contributed by atoms with Gasteiger partial charge in [-0.25, -0.2) is 0 Å². The highest BCUT2D eigenvalue weighted by Crippen LogP contribution is 2.28. The van der Waals surface area contributed by atoms with Crippen LogP contribution in [-0.4, -0.2) is 38.9 Å². The molecule has 2 fully saturated rings.